The lowest BCUT2D eigenvalue weighted by Gasteiger charge is -2.36. The average molecular weight is 732 g/mol. The number of carbonyl (C=O) groups is 5. The van der Waals surface area contributed by atoms with Crippen molar-refractivity contribution in [1.82, 2.24) is 26.4 Å². The van der Waals surface area contributed by atoms with Gasteiger partial charge in [-0.25, -0.2) is 14.6 Å². The summed E-state index contributed by atoms with van der Waals surface area (Å²) in [7, 11) is 2.48. The van der Waals surface area contributed by atoms with Crippen LogP contribution in [0.1, 0.15) is 111 Å². The van der Waals surface area contributed by atoms with E-state index < -0.39 is 54.2 Å². The van der Waals surface area contributed by atoms with Gasteiger partial charge in [0.2, 0.25) is 5.91 Å². The summed E-state index contributed by atoms with van der Waals surface area (Å²) in [5.41, 5.74) is 3.94. The summed E-state index contributed by atoms with van der Waals surface area (Å²) in [6.45, 7) is 9.99. The molecular formula is C39H65N5O8. The van der Waals surface area contributed by atoms with Crippen LogP contribution in [-0.4, -0.2) is 86.5 Å². The number of rotatable bonds is 22. The zero-order valence-corrected chi connectivity index (χ0v) is 32.5. The van der Waals surface area contributed by atoms with Crippen LogP contribution >= 0.6 is 0 Å². The first-order valence-corrected chi connectivity index (χ1v) is 19.2. The smallest absolute Gasteiger partial charge is 0.407 e. The third-order valence-corrected chi connectivity index (χ3v) is 9.53. The fourth-order valence-electron chi connectivity index (χ4n) is 6.49. The van der Waals surface area contributed by atoms with Gasteiger partial charge in [-0.05, 0) is 49.0 Å². The molecule has 0 bridgehead atoms. The van der Waals surface area contributed by atoms with E-state index in [1.54, 1.807) is 5.01 Å². The van der Waals surface area contributed by atoms with Crippen molar-refractivity contribution in [3.63, 3.8) is 0 Å². The Morgan fingerprint density at radius 2 is 1.35 bits per heavy atom. The molecule has 1 aliphatic rings. The van der Waals surface area contributed by atoms with Gasteiger partial charge >= 0.3 is 18.2 Å². The highest BCUT2D eigenvalue weighted by molar-refractivity contribution is 5.86. The number of nitrogens with zero attached hydrogens (tertiary/aromatic N) is 1. The van der Waals surface area contributed by atoms with Crippen molar-refractivity contribution in [3.8, 4) is 0 Å². The van der Waals surface area contributed by atoms with Gasteiger partial charge in [0, 0.05) is 13.0 Å². The maximum absolute atomic E-state index is 13.9. The lowest BCUT2D eigenvalue weighted by atomic mass is 9.89. The Hall–Kier alpha value is -3.87. The van der Waals surface area contributed by atoms with Crippen LogP contribution in [-0.2, 0) is 35.0 Å². The molecule has 4 N–H and O–H groups in total. The van der Waals surface area contributed by atoms with E-state index in [0.29, 0.717) is 19.4 Å². The number of benzene rings is 1. The number of amides is 4. The Balaban J connectivity index is 2.53. The molecule has 2 rings (SSSR count). The predicted octanol–water partition coefficient (Wildman–Crippen LogP) is 5.66. The van der Waals surface area contributed by atoms with Gasteiger partial charge in [-0.15, -0.1) is 0 Å². The third-order valence-electron chi connectivity index (χ3n) is 9.53. The fourth-order valence-corrected chi connectivity index (χ4v) is 6.49. The van der Waals surface area contributed by atoms with Gasteiger partial charge in [0.1, 0.15) is 18.2 Å². The SMILES string of the molecule is CCCCCCCC(=O)O[C@@H](CN(CC1CCCCC1)NC(=O)[C@@H](NC(=O)OC)C(C)C)[C@H](Cc1ccccc1)NC(=O)[C@@H](NC(=O)OC)C(C)C. The van der Waals surface area contributed by atoms with Crippen LogP contribution in [0.3, 0.4) is 0 Å². The number of ether oxygens (including phenoxy) is 3. The first kappa shape index (κ1) is 44.3. The number of carbonyl (C=O) groups excluding carboxylic acids is 5. The highest BCUT2D eigenvalue weighted by Crippen LogP contribution is 2.25. The number of hydrazine groups is 1. The van der Waals surface area contributed by atoms with Crippen molar-refractivity contribution < 1.29 is 38.2 Å². The minimum atomic E-state index is -0.921. The summed E-state index contributed by atoms with van der Waals surface area (Å²) in [4.78, 5) is 65.6. The standard InChI is InChI=1S/C39H65N5O8/c1-8-9-10-11-18-23-33(45)52-32(31(24-29-19-14-12-15-20-29)40-36(46)34(27(2)3)41-38(48)50-6)26-44(25-30-21-16-13-17-22-30)43-37(47)35(28(4)5)42-39(49)51-7/h12,14-15,19-20,27-28,30-32,34-35H,8-11,13,16-18,21-26H2,1-7H3,(H,40,46)(H,41,48)(H,42,49)(H,43,47)/t31-,32-,34-,35-/m0/s1. The average Bonchev–Trinajstić information content (AvgIpc) is 3.12. The van der Waals surface area contributed by atoms with Gasteiger partial charge in [0.05, 0.1) is 26.8 Å². The van der Waals surface area contributed by atoms with Crippen LogP contribution in [0.5, 0.6) is 0 Å². The van der Waals surface area contributed by atoms with Gasteiger partial charge in [-0.3, -0.25) is 19.8 Å². The second kappa shape index (κ2) is 24.4. The topological polar surface area (TPSA) is 164 Å². The molecule has 0 aliphatic heterocycles. The molecule has 0 aromatic heterocycles. The summed E-state index contributed by atoms with van der Waals surface area (Å²) >= 11 is 0. The summed E-state index contributed by atoms with van der Waals surface area (Å²) in [6, 6.07) is 7.03. The Labute approximate surface area is 311 Å². The van der Waals surface area contributed by atoms with Crippen molar-refractivity contribution in [2.24, 2.45) is 17.8 Å². The molecule has 1 aromatic carbocycles. The third kappa shape index (κ3) is 16.6. The van der Waals surface area contributed by atoms with Gasteiger partial charge in [0.15, 0.2) is 0 Å². The summed E-state index contributed by atoms with van der Waals surface area (Å²) < 4.78 is 15.9. The first-order chi connectivity index (χ1) is 24.9. The fraction of sp³-hybridized carbons (Fsp3) is 0.718. The van der Waals surface area contributed by atoms with Crippen LogP contribution in [0.15, 0.2) is 30.3 Å². The van der Waals surface area contributed by atoms with E-state index in [9.17, 15) is 24.0 Å². The monoisotopic (exact) mass is 731 g/mol. The first-order valence-electron chi connectivity index (χ1n) is 19.2. The van der Waals surface area contributed by atoms with Crippen molar-refractivity contribution in [2.45, 2.75) is 136 Å². The lowest BCUT2D eigenvalue weighted by molar-refractivity contribution is -0.154. The minimum absolute atomic E-state index is 0.0708. The molecule has 1 aromatic rings. The Bertz CT molecular complexity index is 1220. The number of hydrogen-bond acceptors (Lipinski definition) is 9. The minimum Gasteiger partial charge on any atom is -0.459 e. The van der Waals surface area contributed by atoms with Crippen LogP contribution in [0.25, 0.3) is 0 Å². The molecule has 13 heteroatoms. The quantitative estimate of drug-likeness (QED) is 0.0510. The number of nitrogens with one attached hydrogen (secondary N) is 4. The summed E-state index contributed by atoms with van der Waals surface area (Å²) in [6.07, 6.45) is 8.27. The zero-order chi connectivity index (χ0) is 38.5. The predicted molar refractivity (Wildman–Crippen MR) is 200 cm³/mol. The second-order valence-electron chi connectivity index (χ2n) is 14.6. The Morgan fingerprint density at radius 1 is 0.769 bits per heavy atom. The van der Waals surface area contributed by atoms with Gasteiger partial charge < -0.3 is 30.2 Å². The highest BCUT2D eigenvalue weighted by atomic mass is 16.5. The molecule has 0 heterocycles. The molecule has 1 saturated carbocycles. The van der Waals surface area contributed by atoms with Crippen LogP contribution in [0, 0.1) is 17.8 Å². The second-order valence-corrected chi connectivity index (χ2v) is 14.6. The molecule has 1 fully saturated rings. The zero-order valence-electron chi connectivity index (χ0n) is 32.5. The van der Waals surface area contributed by atoms with E-state index in [1.165, 1.54) is 14.2 Å². The molecule has 52 heavy (non-hydrogen) atoms. The number of unbranched alkanes of at least 4 members (excludes halogenated alkanes) is 4. The van der Waals surface area contributed by atoms with E-state index in [1.807, 2.05) is 58.0 Å². The Kier molecular flexibility index (Phi) is 20.8. The molecule has 4 amide bonds. The highest BCUT2D eigenvalue weighted by Gasteiger charge is 2.35. The maximum atomic E-state index is 13.9. The number of alkyl carbamates (subject to hydrolysis) is 2. The van der Waals surface area contributed by atoms with Gasteiger partial charge in [-0.2, -0.15) is 0 Å². The molecule has 0 saturated heterocycles. The van der Waals surface area contributed by atoms with Crippen LogP contribution in [0.2, 0.25) is 0 Å². The van der Waals surface area contributed by atoms with Crippen molar-refractivity contribution in [2.75, 3.05) is 27.3 Å². The molecule has 294 valence electrons. The van der Waals surface area contributed by atoms with Crippen LogP contribution < -0.4 is 21.4 Å². The van der Waals surface area contributed by atoms with E-state index in [0.717, 1.165) is 63.4 Å². The molecule has 1 aliphatic carbocycles. The largest absolute Gasteiger partial charge is 0.459 e. The lowest BCUT2D eigenvalue weighted by Crippen LogP contribution is -2.60. The van der Waals surface area contributed by atoms with E-state index in [-0.39, 0.29) is 30.7 Å². The van der Waals surface area contributed by atoms with E-state index >= 15 is 0 Å². The number of hydrogen-bond donors (Lipinski definition) is 4. The van der Waals surface area contributed by atoms with E-state index in [4.69, 9.17) is 14.2 Å². The summed E-state index contributed by atoms with van der Waals surface area (Å²) in [5.74, 6) is -1.52. The molecule has 13 nitrogen and oxygen atoms in total. The molecule has 0 unspecified atom stereocenters. The van der Waals surface area contributed by atoms with Crippen molar-refractivity contribution >= 4 is 30.0 Å². The van der Waals surface area contributed by atoms with Crippen molar-refractivity contribution in [3.05, 3.63) is 35.9 Å². The van der Waals surface area contributed by atoms with Gasteiger partial charge in [-0.1, -0.05) is 110 Å². The van der Waals surface area contributed by atoms with Gasteiger partial charge in [0.25, 0.3) is 5.91 Å². The van der Waals surface area contributed by atoms with Crippen LogP contribution in [0.4, 0.5) is 9.59 Å². The molecule has 4 atom stereocenters. The normalized spacial score (nSPS) is 15.7. The maximum Gasteiger partial charge on any atom is 0.407 e. The number of esters is 1. The van der Waals surface area contributed by atoms with Crippen molar-refractivity contribution in [1.29, 1.82) is 0 Å². The molecule has 0 spiro atoms. The molecule has 0 radical (unpaired) electrons. The van der Waals surface area contributed by atoms with E-state index in [2.05, 4.69) is 28.3 Å². The Morgan fingerprint density at radius 3 is 1.90 bits per heavy atom. The molecular weight excluding hydrogens is 666 g/mol. The number of methoxy groups -OCH3 is 2. The summed E-state index contributed by atoms with van der Waals surface area (Å²) in [5, 5.41) is 10.2.